The van der Waals surface area contributed by atoms with Gasteiger partial charge in [0.05, 0.1) is 11.8 Å². The smallest absolute Gasteiger partial charge is 0.254 e. The molecule has 1 aliphatic rings. The SMILES string of the molecule is CN(C)c1ncc(C(=O)NC[C@]2(O)CCN(c3cnccn3)C2)cn1. The van der Waals surface area contributed by atoms with Gasteiger partial charge in [0.15, 0.2) is 0 Å². The highest BCUT2D eigenvalue weighted by molar-refractivity contribution is 5.93. The molecule has 1 aliphatic heterocycles. The van der Waals surface area contributed by atoms with Crippen molar-refractivity contribution in [2.75, 3.05) is 43.5 Å². The Morgan fingerprint density at radius 3 is 2.68 bits per heavy atom. The van der Waals surface area contributed by atoms with Gasteiger partial charge in [-0.25, -0.2) is 15.0 Å². The highest BCUT2D eigenvalue weighted by Crippen LogP contribution is 2.24. The van der Waals surface area contributed by atoms with Crippen LogP contribution in [0.4, 0.5) is 11.8 Å². The molecule has 0 radical (unpaired) electrons. The lowest BCUT2D eigenvalue weighted by molar-refractivity contribution is 0.0575. The van der Waals surface area contributed by atoms with Crippen LogP contribution in [0.15, 0.2) is 31.0 Å². The quantitative estimate of drug-likeness (QED) is 0.762. The molecule has 1 saturated heterocycles. The number of amides is 1. The van der Waals surface area contributed by atoms with E-state index in [-0.39, 0.29) is 12.5 Å². The largest absolute Gasteiger partial charge is 0.386 e. The van der Waals surface area contributed by atoms with Crippen molar-refractivity contribution in [2.45, 2.75) is 12.0 Å². The number of anilines is 2. The van der Waals surface area contributed by atoms with Gasteiger partial charge in [-0.05, 0) is 6.42 Å². The molecule has 3 rings (SSSR count). The lowest BCUT2D eigenvalue weighted by Crippen LogP contribution is -2.45. The van der Waals surface area contributed by atoms with Crippen molar-refractivity contribution >= 4 is 17.7 Å². The maximum Gasteiger partial charge on any atom is 0.254 e. The van der Waals surface area contributed by atoms with Gasteiger partial charge in [-0.3, -0.25) is 9.78 Å². The van der Waals surface area contributed by atoms with Gasteiger partial charge >= 0.3 is 0 Å². The summed E-state index contributed by atoms with van der Waals surface area (Å²) in [7, 11) is 3.65. The minimum absolute atomic E-state index is 0.151. The van der Waals surface area contributed by atoms with Crippen molar-refractivity contribution in [3.05, 3.63) is 36.5 Å². The number of carbonyl (C=O) groups is 1. The van der Waals surface area contributed by atoms with Gasteiger partial charge in [-0.1, -0.05) is 0 Å². The van der Waals surface area contributed by atoms with Gasteiger partial charge in [-0.15, -0.1) is 0 Å². The van der Waals surface area contributed by atoms with Crippen molar-refractivity contribution in [1.82, 2.24) is 25.3 Å². The van der Waals surface area contributed by atoms with E-state index in [2.05, 4.69) is 25.3 Å². The van der Waals surface area contributed by atoms with E-state index in [4.69, 9.17) is 0 Å². The van der Waals surface area contributed by atoms with Gasteiger partial charge in [-0.2, -0.15) is 0 Å². The maximum absolute atomic E-state index is 12.2. The van der Waals surface area contributed by atoms with Crippen molar-refractivity contribution in [1.29, 1.82) is 0 Å². The van der Waals surface area contributed by atoms with E-state index < -0.39 is 5.60 Å². The summed E-state index contributed by atoms with van der Waals surface area (Å²) >= 11 is 0. The molecule has 0 aromatic carbocycles. The Bertz CT molecular complexity index is 723. The maximum atomic E-state index is 12.2. The number of aromatic nitrogens is 4. The third kappa shape index (κ3) is 4.00. The second kappa shape index (κ2) is 6.98. The van der Waals surface area contributed by atoms with Crippen molar-refractivity contribution in [3.8, 4) is 0 Å². The van der Waals surface area contributed by atoms with Crippen LogP contribution >= 0.6 is 0 Å². The Morgan fingerprint density at radius 1 is 1.28 bits per heavy atom. The molecule has 0 bridgehead atoms. The van der Waals surface area contributed by atoms with E-state index >= 15 is 0 Å². The molecular weight excluding hydrogens is 322 g/mol. The summed E-state index contributed by atoms with van der Waals surface area (Å²) in [6.45, 7) is 1.20. The van der Waals surface area contributed by atoms with Crippen LogP contribution in [0.5, 0.6) is 0 Å². The zero-order valence-electron chi connectivity index (χ0n) is 14.3. The fraction of sp³-hybridized carbons (Fsp3) is 0.438. The van der Waals surface area contributed by atoms with Crippen molar-refractivity contribution in [3.63, 3.8) is 0 Å². The van der Waals surface area contributed by atoms with Crippen molar-refractivity contribution < 1.29 is 9.90 Å². The molecule has 2 N–H and O–H groups in total. The number of β-amino-alcohol motifs (C(OH)–C–C–N with tert-alkyl or cyclic N) is 1. The molecule has 3 heterocycles. The first-order chi connectivity index (χ1) is 12.0. The Morgan fingerprint density at radius 2 is 2.04 bits per heavy atom. The molecule has 0 unspecified atom stereocenters. The molecule has 1 amide bonds. The van der Waals surface area contributed by atoms with Crippen LogP contribution in [-0.4, -0.2) is 70.3 Å². The summed E-state index contributed by atoms with van der Waals surface area (Å²) in [4.78, 5) is 32.4. The minimum Gasteiger partial charge on any atom is -0.386 e. The lowest BCUT2D eigenvalue weighted by atomic mass is 10.0. The molecule has 25 heavy (non-hydrogen) atoms. The number of nitrogens with zero attached hydrogens (tertiary/aromatic N) is 6. The van der Waals surface area contributed by atoms with Crippen LogP contribution in [-0.2, 0) is 0 Å². The number of rotatable bonds is 5. The molecule has 0 aliphatic carbocycles. The van der Waals surface area contributed by atoms with Crippen LogP contribution < -0.4 is 15.1 Å². The van der Waals surface area contributed by atoms with E-state index in [1.165, 1.54) is 12.4 Å². The molecule has 0 saturated carbocycles. The van der Waals surface area contributed by atoms with Gasteiger partial charge in [0.25, 0.3) is 5.91 Å². The molecule has 0 spiro atoms. The third-order valence-corrected chi connectivity index (χ3v) is 4.08. The fourth-order valence-corrected chi connectivity index (χ4v) is 2.67. The monoisotopic (exact) mass is 343 g/mol. The van der Waals surface area contributed by atoms with Gasteiger partial charge in [0, 0.05) is 58.5 Å². The van der Waals surface area contributed by atoms with Gasteiger partial charge in [0.2, 0.25) is 5.95 Å². The zero-order chi connectivity index (χ0) is 17.9. The van der Waals surface area contributed by atoms with E-state index in [0.717, 1.165) is 5.82 Å². The van der Waals surface area contributed by atoms with Crippen LogP contribution in [0.3, 0.4) is 0 Å². The average Bonchev–Trinajstić information content (AvgIpc) is 3.03. The van der Waals surface area contributed by atoms with Crippen LogP contribution in [0.1, 0.15) is 16.8 Å². The van der Waals surface area contributed by atoms with E-state index in [9.17, 15) is 9.90 Å². The highest BCUT2D eigenvalue weighted by Gasteiger charge is 2.37. The standard InChI is InChI=1S/C16H21N7O2/c1-22(2)15-19-7-12(8-20-15)14(24)21-10-16(25)3-6-23(11-16)13-9-17-4-5-18-13/h4-5,7-9,25H,3,6,10-11H2,1-2H3,(H,21,24)/t16-/m1/s1. The highest BCUT2D eigenvalue weighted by atomic mass is 16.3. The normalized spacial score (nSPS) is 19.7. The molecule has 9 nitrogen and oxygen atoms in total. The molecule has 2 aromatic rings. The number of carbonyl (C=O) groups excluding carboxylic acids is 1. The van der Waals surface area contributed by atoms with Gasteiger partial charge in [0.1, 0.15) is 11.4 Å². The van der Waals surface area contributed by atoms with Gasteiger partial charge < -0.3 is 20.2 Å². The summed E-state index contributed by atoms with van der Waals surface area (Å²) in [5, 5.41) is 13.5. The van der Waals surface area contributed by atoms with Crippen LogP contribution in [0, 0.1) is 0 Å². The second-order valence-corrected chi connectivity index (χ2v) is 6.31. The first kappa shape index (κ1) is 17.0. The number of nitrogens with one attached hydrogen (secondary N) is 1. The third-order valence-electron chi connectivity index (χ3n) is 4.08. The summed E-state index contributed by atoms with van der Waals surface area (Å²) in [5.41, 5.74) is -0.643. The Labute approximate surface area is 145 Å². The van der Waals surface area contributed by atoms with E-state index in [1.54, 1.807) is 23.5 Å². The number of hydrogen-bond donors (Lipinski definition) is 2. The second-order valence-electron chi connectivity index (χ2n) is 6.31. The Hall–Kier alpha value is -2.81. The zero-order valence-corrected chi connectivity index (χ0v) is 14.3. The lowest BCUT2D eigenvalue weighted by Gasteiger charge is -2.24. The number of aliphatic hydroxyl groups is 1. The minimum atomic E-state index is -1.00. The predicted octanol–water partition coefficient (Wildman–Crippen LogP) is -0.296. The predicted molar refractivity (Wildman–Crippen MR) is 92.5 cm³/mol. The Balaban J connectivity index is 1.56. The number of hydrogen-bond acceptors (Lipinski definition) is 8. The summed E-state index contributed by atoms with van der Waals surface area (Å²) in [5.74, 6) is 0.944. The fourth-order valence-electron chi connectivity index (χ4n) is 2.67. The van der Waals surface area contributed by atoms with Crippen molar-refractivity contribution in [2.24, 2.45) is 0 Å². The van der Waals surface area contributed by atoms with Crippen LogP contribution in [0.2, 0.25) is 0 Å². The molecular formula is C16H21N7O2. The molecule has 9 heteroatoms. The molecule has 2 aromatic heterocycles. The first-order valence-electron chi connectivity index (χ1n) is 7.98. The molecule has 132 valence electrons. The van der Waals surface area contributed by atoms with E-state index in [0.29, 0.717) is 31.0 Å². The topological polar surface area (TPSA) is 107 Å². The average molecular weight is 343 g/mol. The molecule has 1 atom stereocenters. The summed E-state index contributed by atoms with van der Waals surface area (Å²) < 4.78 is 0. The summed E-state index contributed by atoms with van der Waals surface area (Å²) in [6, 6.07) is 0. The first-order valence-corrected chi connectivity index (χ1v) is 7.98. The summed E-state index contributed by atoms with van der Waals surface area (Å²) in [6.07, 6.45) is 8.37. The Kier molecular flexibility index (Phi) is 4.75. The van der Waals surface area contributed by atoms with Crippen LogP contribution in [0.25, 0.3) is 0 Å². The molecule has 1 fully saturated rings. The van der Waals surface area contributed by atoms with E-state index in [1.807, 2.05) is 19.0 Å².